The maximum atomic E-state index is 12.0. The number of hydrogen-bond donors (Lipinski definition) is 1. The van der Waals surface area contributed by atoms with Gasteiger partial charge in [-0.25, -0.2) is 4.68 Å². The second-order valence-electron chi connectivity index (χ2n) is 4.05. The van der Waals surface area contributed by atoms with E-state index in [4.69, 9.17) is 4.42 Å². The number of carbonyl (C=O) groups is 1. The smallest absolute Gasteiger partial charge is 0.293 e. The highest BCUT2D eigenvalue weighted by molar-refractivity contribution is 6.01. The minimum Gasteiger partial charge on any atom is -0.451 e. The number of amides is 1. The SMILES string of the molecule is Cn1nnnc1NC(=O)c1cc(=O)c2ccccc2o1. The molecule has 3 rings (SSSR count). The van der Waals surface area contributed by atoms with E-state index in [-0.39, 0.29) is 17.1 Å². The maximum Gasteiger partial charge on any atom is 0.293 e. The maximum absolute atomic E-state index is 12.0. The van der Waals surface area contributed by atoms with Gasteiger partial charge in [0.1, 0.15) is 5.58 Å². The standard InChI is InChI=1S/C12H9N5O3/c1-17-12(14-15-16-17)13-11(19)10-6-8(18)7-4-2-3-5-9(7)20-10/h2-6H,1H3,(H,13,14,16,19). The zero-order valence-electron chi connectivity index (χ0n) is 10.4. The van der Waals surface area contributed by atoms with Crippen LogP contribution in [0.15, 0.2) is 39.5 Å². The van der Waals surface area contributed by atoms with Crippen molar-refractivity contribution in [3.05, 3.63) is 46.3 Å². The fraction of sp³-hybridized carbons (Fsp3) is 0.0833. The predicted molar refractivity (Wildman–Crippen MR) is 69.2 cm³/mol. The summed E-state index contributed by atoms with van der Waals surface area (Å²) in [5.41, 5.74) is 0.0642. The van der Waals surface area contributed by atoms with Gasteiger partial charge >= 0.3 is 0 Å². The average Bonchev–Trinajstić information content (AvgIpc) is 2.84. The summed E-state index contributed by atoms with van der Waals surface area (Å²) in [6.45, 7) is 0. The lowest BCUT2D eigenvalue weighted by molar-refractivity contribution is 0.0996. The highest BCUT2D eigenvalue weighted by Gasteiger charge is 2.14. The van der Waals surface area contributed by atoms with E-state index < -0.39 is 5.91 Å². The number of aryl methyl sites for hydroxylation is 1. The molecule has 0 bridgehead atoms. The molecule has 0 radical (unpaired) electrons. The molecule has 100 valence electrons. The van der Waals surface area contributed by atoms with Crippen LogP contribution < -0.4 is 10.7 Å². The molecule has 0 saturated heterocycles. The molecular formula is C12H9N5O3. The van der Waals surface area contributed by atoms with Crippen molar-refractivity contribution in [2.45, 2.75) is 0 Å². The predicted octanol–water partition coefficient (Wildman–Crippen LogP) is 0.569. The van der Waals surface area contributed by atoms with Crippen molar-refractivity contribution in [3.63, 3.8) is 0 Å². The van der Waals surface area contributed by atoms with Crippen molar-refractivity contribution in [2.75, 3.05) is 5.32 Å². The van der Waals surface area contributed by atoms with Crippen LogP contribution in [0.1, 0.15) is 10.6 Å². The van der Waals surface area contributed by atoms with Crippen molar-refractivity contribution >= 4 is 22.8 Å². The largest absolute Gasteiger partial charge is 0.451 e. The zero-order chi connectivity index (χ0) is 14.1. The van der Waals surface area contributed by atoms with Gasteiger partial charge in [-0.2, -0.15) is 0 Å². The molecule has 8 nitrogen and oxygen atoms in total. The highest BCUT2D eigenvalue weighted by atomic mass is 16.3. The summed E-state index contributed by atoms with van der Waals surface area (Å²) in [6.07, 6.45) is 0. The summed E-state index contributed by atoms with van der Waals surface area (Å²) in [7, 11) is 1.58. The number of nitrogens with one attached hydrogen (secondary N) is 1. The Kier molecular flexibility index (Phi) is 2.75. The first-order valence-electron chi connectivity index (χ1n) is 5.72. The Morgan fingerprint density at radius 2 is 2.15 bits per heavy atom. The molecule has 0 fully saturated rings. The van der Waals surface area contributed by atoms with Gasteiger partial charge in [-0.05, 0) is 22.6 Å². The molecule has 2 heterocycles. The zero-order valence-corrected chi connectivity index (χ0v) is 10.4. The normalized spacial score (nSPS) is 10.7. The van der Waals surface area contributed by atoms with Gasteiger partial charge in [0, 0.05) is 13.1 Å². The number of rotatable bonds is 2. The van der Waals surface area contributed by atoms with Crippen LogP contribution in [-0.4, -0.2) is 26.1 Å². The second kappa shape index (κ2) is 4.57. The topological polar surface area (TPSA) is 103 Å². The number of carbonyl (C=O) groups excluding carboxylic acids is 1. The third-order valence-corrected chi connectivity index (χ3v) is 2.70. The van der Waals surface area contributed by atoms with E-state index in [9.17, 15) is 9.59 Å². The van der Waals surface area contributed by atoms with Crippen LogP contribution >= 0.6 is 0 Å². The molecule has 1 amide bonds. The van der Waals surface area contributed by atoms with E-state index in [1.807, 2.05) is 0 Å². The first kappa shape index (κ1) is 12.0. The van der Waals surface area contributed by atoms with Gasteiger partial charge < -0.3 is 4.42 Å². The minimum atomic E-state index is -0.592. The van der Waals surface area contributed by atoms with Gasteiger partial charge in [-0.15, -0.1) is 0 Å². The molecule has 0 spiro atoms. The highest BCUT2D eigenvalue weighted by Crippen LogP contribution is 2.12. The number of aromatic nitrogens is 4. The van der Waals surface area contributed by atoms with Crippen molar-refractivity contribution in [3.8, 4) is 0 Å². The number of benzene rings is 1. The Labute approximate surface area is 112 Å². The molecule has 0 aliphatic carbocycles. The third-order valence-electron chi connectivity index (χ3n) is 2.70. The van der Waals surface area contributed by atoms with E-state index >= 15 is 0 Å². The molecule has 3 aromatic rings. The molecule has 0 unspecified atom stereocenters. The van der Waals surface area contributed by atoms with Gasteiger partial charge in [0.15, 0.2) is 11.2 Å². The Balaban J connectivity index is 2.00. The summed E-state index contributed by atoms with van der Waals surface area (Å²) in [5, 5.41) is 13.5. The van der Waals surface area contributed by atoms with Gasteiger partial charge in [-0.1, -0.05) is 17.2 Å². The summed E-state index contributed by atoms with van der Waals surface area (Å²) in [4.78, 5) is 23.9. The van der Waals surface area contributed by atoms with Crippen LogP contribution in [-0.2, 0) is 7.05 Å². The minimum absolute atomic E-state index is 0.100. The number of anilines is 1. The molecule has 8 heteroatoms. The molecule has 0 saturated carbocycles. The number of para-hydroxylation sites is 1. The molecule has 1 aromatic carbocycles. The number of nitrogens with zero attached hydrogens (tertiary/aromatic N) is 4. The lowest BCUT2D eigenvalue weighted by atomic mass is 10.2. The van der Waals surface area contributed by atoms with Gasteiger partial charge in [-0.3, -0.25) is 14.9 Å². The Morgan fingerprint density at radius 1 is 1.35 bits per heavy atom. The Hall–Kier alpha value is -3.03. The number of hydrogen-bond acceptors (Lipinski definition) is 6. The van der Waals surface area contributed by atoms with Crippen LogP contribution in [0.4, 0.5) is 5.95 Å². The summed E-state index contributed by atoms with van der Waals surface area (Å²) < 4.78 is 6.69. The molecule has 2 aromatic heterocycles. The lowest BCUT2D eigenvalue weighted by Crippen LogP contribution is -2.17. The molecule has 0 atom stereocenters. The summed E-state index contributed by atoms with van der Waals surface area (Å²) in [6, 6.07) is 7.85. The van der Waals surface area contributed by atoms with E-state index in [0.29, 0.717) is 11.0 Å². The van der Waals surface area contributed by atoms with E-state index in [0.717, 1.165) is 6.07 Å². The van der Waals surface area contributed by atoms with Crippen LogP contribution in [0.25, 0.3) is 11.0 Å². The Bertz CT molecular complexity index is 851. The van der Waals surface area contributed by atoms with Crippen molar-refractivity contribution in [1.29, 1.82) is 0 Å². The molecular weight excluding hydrogens is 262 g/mol. The van der Waals surface area contributed by atoms with E-state index in [1.54, 1.807) is 31.3 Å². The molecule has 0 aliphatic heterocycles. The van der Waals surface area contributed by atoms with E-state index in [2.05, 4.69) is 20.8 Å². The molecule has 1 N–H and O–H groups in total. The fourth-order valence-electron chi connectivity index (χ4n) is 1.71. The lowest BCUT2D eigenvalue weighted by Gasteiger charge is -2.03. The van der Waals surface area contributed by atoms with Crippen LogP contribution in [0.5, 0.6) is 0 Å². The van der Waals surface area contributed by atoms with Gasteiger partial charge in [0.2, 0.25) is 5.95 Å². The summed E-state index contributed by atoms with van der Waals surface area (Å²) in [5.74, 6) is -0.534. The van der Waals surface area contributed by atoms with Crippen LogP contribution in [0, 0.1) is 0 Å². The second-order valence-corrected chi connectivity index (χ2v) is 4.05. The third kappa shape index (κ3) is 2.03. The van der Waals surface area contributed by atoms with Crippen LogP contribution in [0.3, 0.4) is 0 Å². The fourth-order valence-corrected chi connectivity index (χ4v) is 1.71. The average molecular weight is 271 g/mol. The van der Waals surface area contributed by atoms with Crippen molar-refractivity contribution < 1.29 is 9.21 Å². The quantitative estimate of drug-likeness (QED) is 0.730. The first-order valence-corrected chi connectivity index (χ1v) is 5.72. The van der Waals surface area contributed by atoms with Crippen LogP contribution in [0.2, 0.25) is 0 Å². The van der Waals surface area contributed by atoms with Crippen molar-refractivity contribution in [1.82, 2.24) is 20.2 Å². The molecule has 20 heavy (non-hydrogen) atoms. The van der Waals surface area contributed by atoms with Crippen molar-refractivity contribution in [2.24, 2.45) is 7.05 Å². The number of tetrazole rings is 1. The van der Waals surface area contributed by atoms with Gasteiger partial charge in [0.05, 0.1) is 5.39 Å². The van der Waals surface area contributed by atoms with Gasteiger partial charge in [0.25, 0.3) is 5.91 Å². The monoisotopic (exact) mass is 271 g/mol. The number of fused-ring (bicyclic) bond motifs is 1. The summed E-state index contributed by atoms with van der Waals surface area (Å²) >= 11 is 0. The Morgan fingerprint density at radius 3 is 2.90 bits per heavy atom. The first-order chi connectivity index (χ1) is 9.65. The molecule has 0 aliphatic rings. The van der Waals surface area contributed by atoms with E-state index in [1.165, 1.54) is 4.68 Å².